The Bertz CT molecular complexity index is 801. The van der Waals surface area contributed by atoms with E-state index in [1.165, 1.54) is 24.3 Å². The number of nitrogens with one attached hydrogen (secondary N) is 1. The van der Waals surface area contributed by atoms with Gasteiger partial charge in [0.25, 0.3) is 10.0 Å². The van der Waals surface area contributed by atoms with Gasteiger partial charge in [-0.25, -0.2) is 4.83 Å². The first-order valence-corrected chi connectivity index (χ1v) is 8.44. The molecule has 0 aliphatic rings. The molecule has 0 spiro atoms. The van der Waals surface area contributed by atoms with Crippen LogP contribution in [0.4, 0.5) is 13.2 Å². The molecule has 0 saturated carbocycles. The normalized spacial score (nSPS) is 12.5. The van der Waals surface area contributed by atoms with Gasteiger partial charge in [0.1, 0.15) is 0 Å². The van der Waals surface area contributed by atoms with Crippen LogP contribution >= 0.6 is 15.9 Å². The first-order valence-electron chi connectivity index (χ1n) is 6.16. The van der Waals surface area contributed by atoms with Crippen LogP contribution in [0.2, 0.25) is 0 Å². The summed E-state index contributed by atoms with van der Waals surface area (Å²) >= 11 is 3.19. The van der Waals surface area contributed by atoms with Crippen molar-refractivity contribution in [3.63, 3.8) is 0 Å². The number of sulfonamides is 1. The summed E-state index contributed by atoms with van der Waals surface area (Å²) in [5.41, 5.74) is -0.457. The number of nitrogens with zero attached hydrogens (tertiary/aromatic N) is 1. The Morgan fingerprint density at radius 2 is 1.57 bits per heavy atom. The number of benzene rings is 2. The standard InChI is InChI=1S/C14H10BrF3N2O2S/c15-12-5-7-13(8-6-12)23(21,22)20-19-9-10-1-3-11(4-2-10)14(16,17)18/h1-9,20H. The van der Waals surface area contributed by atoms with Crippen LogP contribution in [0.25, 0.3) is 0 Å². The van der Waals surface area contributed by atoms with Crippen LogP contribution in [-0.4, -0.2) is 14.6 Å². The van der Waals surface area contributed by atoms with E-state index in [0.717, 1.165) is 22.8 Å². The quantitative estimate of drug-likeness (QED) is 0.620. The molecule has 0 aliphatic heterocycles. The summed E-state index contributed by atoms with van der Waals surface area (Å²) in [6.45, 7) is 0. The molecule has 0 fully saturated rings. The summed E-state index contributed by atoms with van der Waals surface area (Å²) in [6, 6.07) is 10.1. The average Bonchev–Trinajstić information content (AvgIpc) is 2.47. The molecule has 0 aromatic heterocycles. The van der Waals surface area contributed by atoms with Crippen LogP contribution in [0.3, 0.4) is 0 Å². The molecule has 1 N–H and O–H groups in total. The second kappa shape index (κ2) is 6.71. The van der Waals surface area contributed by atoms with E-state index in [4.69, 9.17) is 0 Å². The fraction of sp³-hybridized carbons (Fsp3) is 0.0714. The summed E-state index contributed by atoms with van der Waals surface area (Å²) < 4.78 is 61.8. The molecule has 0 atom stereocenters. The maximum absolute atomic E-state index is 12.4. The highest BCUT2D eigenvalue weighted by Gasteiger charge is 2.29. The van der Waals surface area contributed by atoms with E-state index in [0.29, 0.717) is 5.56 Å². The zero-order chi connectivity index (χ0) is 17.1. The van der Waals surface area contributed by atoms with Crippen molar-refractivity contribution in [3.05, 3.63) is 64.1 Å². The Morgan fingerprint density at radius 1 is 1.00 bits per heavy atom. The molecular formula is C14H10BrF3N2O2S. The average molecular weight is 407 g/mol. The molecule has 2 aromatic rings. The van der Waals surface area contributed by atoms with Gasteiger partial charge in [-0.2, -0.15) is 26.7 Å². The number of halogens is 4. The third-order valence-electron chi connectivity index (χ3n) is 2.75. The molecular weight excluding hydrogens is 397 g/mol. The van der Waals surface area contributed by atoms with Gasteiger partial charge in [0.15, 0.2) is 0 Å². The van der Waals surface area contributed by atoms with Crippen molar-refractivity contribution >= 4 is 32.2 Å². The molecule has 122 valence electrons. The van der Waals surface area contributed by atoms with Gasteiger partial charge in [0, 0.05) is 4.47 Å². The Morgan fingerprint density at radius 3 is 2.09 bits per heavy atom. The molecule has 0 bridgehead atoms. The molecule has 0 radical (unpaired) electrons. The monoisotopic (exact) mass is 406 g/mol. The summed E-state index contributed by atoms with van der Waals surface area (Å²) in [7, 11) is -3.83. The number of rotatable bonds is 4. The van der Waals surface area contributed by atoms with Crippen LogP contribution < -0.4 is 4.83 Å². The lowest BCUT2D eigenvalue weighted by atomic mass is 10.1. The van der Waals surface area contributed by atoms with Gasteiger partial charge in [-0.05, 0) is 42.0 Å². The second-order valence-corrected chi connectivity index (χ2v) is 7.00. The van der Waals surface area contributed by atoms with Crippen molar-refractivity contribution in [3.8, 4) is 0 Å². The Hall–Kier alpha value is -1.87. The smallest absolute Gasteiger partial charge is 0.200 e. The van der Waals surface area contributed by atoms with Crippen LogP contribution in [0.15, 0.2) is 63.0 Å². The maximum atomic E-state index is 12.4. The van der Waals surface area contributed by atoms with E-state index in [1.54, 1.807) is 12.1 Å². The number of alkyl halides is 3. The van der Waals surface area contributed by atoms with Gasteiger partial charge in [0.2, 0.25) is 0 Å². The van der Waals surface area contributed by atoms with Gasteiger partial charge in [-0.15, -0.1) is 0 Å². The fourth-order valence-corrected chi connectivity index (χ4v) is 2.65. The third-order valence-corrected chi connectivity index (χ3v) is 4.52. The largest absolute Gasteiger partial charge is 0.416 e. The van der Waals surface area contributed by atoms with E-state index in [-0.39, 0.29) is 4.90 Å². The first-order chi connectivity index (χ1) is 10.7. The lowest BCUT2D eigenvalue weighted by Crippen LogP contribution is -2.18. The van der Waals surface area contributed by atoms with E-state index in [1.807, 2.05) is 4.83 Å². The van der Waals surface area contributed by atoms with Crippen molar-refractivity contribution in [1.29, 1.82) is 0 Å². The van der Waals surface area contributed by atoms with Gasteiger partial charge >= 0.3 is 6.18 Å². The molecule has 0 heterocycles. The SMILES string of the molecule is O=S(=O)(NN=Cc1ccc(C(F)(F)F)cc1)c1ccc(Br)cc1. The molecule has 0 amide bonds. The fourth-order valence-electron chi connectivity index (χ4n) is 1.59. The van der Waals surface area contributed by atoms with Crippen molar-refractivity contribution in [2.24, 2.45) is 5.10 Å². The maximum Gasteiger partial charge on any atom is 0.416 e. The molecule has 0 saturated heterocycles. The molecule has 0 unspecified atom stereocenters. The van der Waals surface area contributed by atoms with E-state index >= 15 is 0 Å². The highest BCUT2D eigenvalue weighted by atomic mass is 79.9. The van der Waals surface area contributed by atoms with Crippen molar-refractivity contribution in [2.75, 3.05) is 0 Å². The van der Waals surface area contributed by atoms with Crippen molar-refractivity contribution in [2.45, 2.75) is 11.1 Å². The molecule has 9 heteroatoms. The van der Waals surface area contributed by atoms with Gasteiger partial charge in [-0.1, -0.05) is 28.1 Å². The lowest BCUT2D eigenvalue weighted by Gasteiger charge is -2.06. The summed E-state index contributed by atoms with van der Waals surface area (Å²) in [4.78, 5) is 2.01. The molecule has 23 heavy (non-hydrogen) atoms. The molecule has 0 aliphatic carbocycles. The van der Waals surface area contributed by atoms with Crippen LogP contribution in [0.5, 0.6) is 0 Å². The van der Waals surface area contributed by atoms with Crippen LogP contribution in [0.1, 0.15) is 11.1 Å². The predicted molar refractivity (Wildman–Crippen MR) is 83.5 cm³/mol. The second-order valence-electron chi connectivity index (χ2n) is 4.43. The summed E-state index contributed by atoms with van der Waals surface area (Å²) in [6.07, 6.45) is -3.30. The number of hydrogen-bond acceptors (Lipinski definition) is 3. The number of hydrazone groups is 1. The summed E-state index contributed by atoms with van der Waals surface area (Å²) in [5.74, 6) is 0. The minimum atomic E-state index is -4.42. The van der Waals surface area contributed by atoms with Crippen molar-refractivity contribution < 1.29 is 21.6 Å². The van der Waals surface area contributed by atoms with E-state index in [2.05, 4.69) is 21.0 Å². The zero-order valence-corrected chi connectivity index (χ0v) is 13.8. The Balaban J connectivity index is 2.07. The predicted octanol–water partition coefficient (Wildman–Crippen LogP) is 3.78. The van der Waals surface area contributed by atoms with Crippen LogP contribution in [0, 0.1) is 0 Å². The minimum Gasteiger partial charge on any atom is -0.200 e. The highest BCUT2D eigenvalue weighted by molar-refractivity contribution is 9.10. The highest BCUT2D eigenvalue weighted by Crippen LogP contribution is 2.28. The van der Waals surface area contributed by atoms with Crippen molar-refractivity contribution in [1.82, 2.24) is 4.83 Å². The van der Waals surface area contributed by atoms with E-state index in [9.17, 15) is 21.6 Å². The third kappa shape index (κ3) is 4.80. The van der Waals surface area contributed by atoms with Gasteiger partial charge in [0.05, 0.1) is 16.7 Å². The molecule has 2 rings (SSSR count). The first kappa shape index (κ1) is 17.5. The van der Waals surface area contributed by atoms with Gasteiger partial charge < -0.3 is 0 Å². The topological polar surface area (TPSA) is 58.5 Å². The minimum absolute atomic E-state index is 0.0188. The molecule has 2 aromatic carbocycles. The Kier molecular flexibility index (Phi) is 5.10. The molecule has 4 nitrogen and oxygen atoms in total. The van der Waals surface area contributed by atoms with Gasteiger partial charge in [-0.3, -0.25) is 0 Å². The lowest BCUT2D eigenvalue weighted by molar-refractivity contribution is -0.137. The van der Waals surface area contributed by atoms with Crippen LogP contribution in [-0.2, 0) is 16.2 Å². The van der Waals surface area contributed by atoms with E-state index < -0.39 is 21.8 Å². The summed E-state index contributed by atoms with van der Waals surface area (Å²) in [5, 5.41) is 3.55. The Labute approximate surface area is 139 Å². The number of hydrogen-bond donors (Lipinski definition) is 1. The zero-order valence-electron chi connectivity index (χ0n) is 11.4.